The minimum atomic E-state index is 0.231. The lowest BCUT2D eigenvalue weighted by atomic mass is 9.73. The predicted molar refractivity (Wildman–Crippen MR) is 124 cm³/mol. The molecule has 1 aliphatic rings. The van der Waals surface area contributed by atoms with Gasteiger partial charge in [-0.3, -0.25) is 0 Å². The van der Waals surface area contributed by atoms with E-state index in [0.717, 1.165) is 31.6 Å². The summed E-state index contributed by atoms with van der Waals surface area (Å²) in [5.41, 5.74) is 5.68. The molecule has 0 spiro atoms. The molecule has 0 bridgehead atoms. The van der Waals surface area contributed by atoms with Crippen molar-refractivity contribution in [3.05, 3.63) is 72.0 Å². The number of nitrogens with zero attached hydrogens (tertiary/aromatic N) is 1. The van der Waals surface area contributed by atoms with Gasteiger partial charge in [-0.1, -0.05) is 69.3 Å². The maximum absolute atomic E-state index is 4.53. The van der Waals surface area contributed by atoms with Crippen LogP contribution in [0.2, 0.25) is 0 Å². The smallest absolute Gasteiger partial charge is 0.0385 e. The van der Waals surface area contributed by atoms with Crippen molar-refractivity contribution in [1.29, 1.82) is 0 Å². The fraction of sp³-hybridized carbons (Fsp3) is 0.538. The van der Waals surface area contributed by atoms with E-state index in [1.807, 2.05) is 13.1 Å². The van der Waals surface area contributed by atoms with Crippen LogP contribution in [-0.4, -0.2) is 31.1 Å². The quantitative estimate of drug-likeness (QED) is 0.473. The van der Waals surface area contributed by atoms with Crippen molar-refractivity contribution in [2.75, 3.05) is 20.1 Å². The van der Waals surface area contributed by atoms with E-state index >= 15 is 0 Å². The summed E-state index contributed by atoms with van der Waals surface area (Å²) in [5.74, 6) is 0. The number of nitrogens with one attached hydrogen (secondary N) is 1. The number of likely N-dealkylation sites (N-methyl/N-ethyl adjacent to an activating group) is 2. The molecule has 1 fully saturated rings. The summed E-state index contributed by atoms with van der Waals surface area (Å²) in [6, 6.07) is 9.71. The Kier molecular flexibility index (Phi) is 8.57. The third kappa shape index (κ3) is 5.17. The minimum Gasteiger partial charge on any atom is -0.368 e. The molecular weight excluding hydrogens is 340 g/mol. The Morgan fingerprint density at radius 2 is 2.00 bits per heavy atom. The third-order valence-corrected chi connectivity index (χ3v) is 6.45. The van der Waals surface area contributed by atoms with E-state index in [-0.39, 0.29) is 5.41 Å². The van der Waals surface area contributed by atoms with E-state index in [9.17, 15) is 0 Å². The van der Waals surface area contributed by atoms with Crippen LogP contribution in [0.15, 0.2) is 60.8 Å². The summed E-state index contributed by atoms with van der Waals surface area (Å²) >= 11 is 0. The molecule has 1 saturated carbocycles. The first-order valence-electron chi connectivity index (χ1n) is 11.0. The first-order chi connectivity index (χ1) is 13.5. The average Bonchev–Trinajstić information content (AvgIpc) is 3.18. The van der Waals surface area contributed by atoms with Crippen LogP contribution in [0.5, 0.6) is 0 Å². The zero-order chi connectivity index (χ0) is 20.6. The zero-order valence-corrected chi connectivity index (χ0v) is 18.6. The first-order valence-corrected chi connectivity index (χ1v) is 11.0. The monoisotopic (exact) mass is 380 g/mol. The number of allylic oxidation sites excluding steroid dienone is 3. The molecule has 1 unspecified atom stereocenters. The maximum atomic E-state index is 4.53. The highest BCUT2D eigenvalue weighted by molar-refractivity contribution is 5.38. The van der Waals surface area contributed by atoms with Crippen LogP contribution in [0.3, 0.4) is 0 Å². The molecule has 2 heteroatoms. The first kappa shape index (κ1) is 22.5. The third-order valence-electron chi connectivity index (χ3n) is 6.45. The molecule has 1 aliphatic carbocycles. The van der Waals surface area contributed by atoms with Crippen LogP contribution in [0.25, 0.3) is 0 Å². The van der Waals surface area contributed by atoms with Crippen LogP contribution in [0, 0.1) is 0 Å². The Morgan fingerprint density at radius 3 is 2.57 bits per heavy atom. The van der Waals surface area contributed by atoms with Crippen molar-refractivity contribution in [3.8, 4) is 0 Å². The van der Waals surface area contributed by atoms with Crippen molar-refractivity contribution in [3.63, 3.8) is 0 Å². The van der Waals surface area contributed by atoms with Crippen molar-refractivity contribution in [2.45, 2.75) is 70.8 Å². The predicted octanol–water partition coefficient (Wildman–Crippen LogP) is 6.01. The Morgan fingerprint density at radius 1 is 1.29 bits per heavy atom. The van der Waals surface area contributed by atoms with Gasteiger partial charge in [0.1, 0.15) is 0 Å². The van der Waals surface area contributed by atoms with Gasteiger partial charge in [0.2, 0.25) is 0 Å². The van der Waals surface area contributed by atoms with Gasteiger partial charge in [-0.2, -0.15) is 0 Å². The van der Waals surface area contributed by atoms with E-state index in [1.54, 1.807) is 0 Å². The highest BCUT2D eigenvalue weighted by Gasteiger charge is 2.37. The molecule has 1 aromatic rings. The Bertz CT molecular complexity index is 679. The lowest BCUT2D eigenvalue weighted by molar-refractivity contribution is 0.277. The lowest BCUT2D eigenvalue weighted by Gasteiger charge is -2.37. The molecule has 28 heavy (non-hydrogen) atoms. The largest absolute Gasteiger partial charge is 0.368 e. The van der Waals surface area contributed by atoms with Gasteiger partial charge in [-0.15, -0.1) is 0 Å². The van der Waals surface area contributed by atoms with E-state index in [0.29, 0.717) is 6.04 Å². The average molecular weight is 381 g/mol. The van der Waals surface area contributed by atoms with Crippen molar-refractivity contribution in [1.82, 2.24) is 10.2 Å². The van der Waals surface area contributed by atoms with Crippen molar-refractivity contribution >= 4 is 0 Å². The molecule has 154 valence electrons. The van der Waals surface area contributed by atoms with Crippen LogP contribution >= 0.6 is 0 Å². The second-order valence-electron chi connectivity index (χ2n) is 8.29. The molecule has 0 heterocycles. The fourth-order valence-corrected chi connectivity index (χ4v) is 4.86. The molecule has 0 saturated heterocycles. The molecule has 2 nitrogen and oxygen atoms in total. The highest BCUT2D eigenvalue weighted by atomic mass is 15.2. The number of aryl methyl sites for hydroxylation is 1. The van der Waals surface area contributed by atoms with E-state index in [2.05, 4.69) is 74.5 Å². The summed E-state index contributed by atoms with van der Waals surface area (Å²) in [5, 5.41) is 3.30. The van der Waals surface area contributed by atoms with Gasteiger partial charge in [0.25, 0.3) is 0 Å². The Labute approximate surface area is 173 Å². The molecule has 0 aromatic heterocycles. The van der Waals surface area contributed by atoms with Gasteiger partial charge in [0.05, 0.1) is 0 Å². The van der Waals surface area contributed by atoms with Crippen molar-refractivity contribution in [2.24, 2.45) is 0 Å². The van der Waals surface area contributed by atoms with Gasteiger partial charge < -0.3 is 10.2 Å². The molecule has 1 aromatic carbocycles. The summed E-state index contributed by atoms with van der Waals surface area (Å²) < 4.78 is 0. The van der Waals surface area contributed by atoms with E-state index in [4.69, 9.17) is 0 Å². The molecule has 2 rings (SSSR count). The number of benzene rings is 1. The summed E-state index contributed by atoms with van der Waals surface area (Å²) in [4.78, 5) is 2.43. The standard InChI is InChI=1S/C26H40N2/c1-7-13-24(22(5)28(9-3)21(4)20-27-6)19-26(16-10-11-17-26)25-15-12-14-23(8-2)18-25/h7,12-15,18,21,27H,1,5,8-11,16-17,19-20H2,2-4,6H3/b24-13+. The van der Waals surface area contributed by atoms with Gasteiger partial charge >= 0.3 is 0 Å². The van der Waals surface area contributed by atoms with Crippen LogP contribution in [-0.2, 0) is 11.8 Å². The zero-order valence-electron chi connectivity index (χ0n) is 18.6. The normalized spacial score (nSPS) is 17.4. The molecule has 1 atom stereocenters. The summed E-state index contributed by atoms with van der Waals surface area (Å²) in [6.07, 6.45) is 11.4. The molecule has 1 N–H and O–H groups in total. The van der Waals surface area contributed by atoms with Gasteiger partial charge in [-0.25, -0.2) is 0 Å². The van der Waals surface area contributed by atoms with Gasteiger partial charge in [0, 0.05) is 24.8 Å². The summed E-state index contributed by atoms with van der Waals surface area (Å²) in [7, 11) is 2.02. The van der Waals surface area contributed by atoms with Gasteiger partial charge in [0.15, 0.2) is 0 Å². The minimum absolute atomic E-state index is 0.231. The number of hydrogen-bond acceptors (Lipinski definition) is 2. The fourth-order valence-electron chi connectivity index (χ4n) is 4.86. The summed E-state index contributed by atoms with van der Waals surface area (Å²) in [6.45, 7) is 17.2. The molecule has 0 amide bonds. The maximum Gasteiger partial charge on any atom is 0.0385 e. The molecular formula is C26H40N2. The SMILES string of the molecule is C=C/C=C(\CC1(c2cccc(CC)c2)CCCC1)C(=C)N(CC)C(C)CNC. The van der Waals surface area contributed by atoms with Crippen LogP contribution in [0.4, 0.5) is 0 Å². The second-order valence-corrected chi connectivity index (χ2v) is 8.29. The van der Waals surface area contributed by atoms with Crippen LogP contribution in [0.1, 0.15) is 64.0 Å². The van der Waals surface area contributed by atoms with E-state index < -0.39 is 0 Å². The molecule has 0 radical (unpaired) electrons. The Hall–Kier alpha value is -1.80. The molecule has 0 aliphatic heterocycles. The lowest BCUT2D eigenvalue weighted by Crippen LogP contribution is -2.39. The Balaban J connectivity index is 2.35. The topological polar surface area (TPSA) is 15.3 Å². The van der Waals surface area contributed by atoms with E-state index in [1.165, 1.54) is 42.4 Å². The second kappa shape index (κ2) is 10.7. The highest BCUT2D eigenvalue weighted by Crippen LogP contribution is 2.47. The number of rotatable bonds is 11. The van der Waals surface area contributed by atoms with Crippen LogP contribution < -0.4 is 5.32 Å². The van der Waals surface area contributed by atoms with Gasteiger partial charge in [-0.05, 0) is 68.7 Å². The number of hydrogen-bond donors (Lipinski definition) is 1. The van der Waals surface area contributed by atoms with Crippen molar-refractivity contribution < 1.29 is 0 Å².